The first-order valence-corrected chi connectivity index (χ1v) is 5.02. The zero-order valence-electron chi connectivity index (χ0n) is 7.13. The molecular weight excluding hydrogens is 136 g/mol. The van der Waals surface area contributed by atoms with Gasteiger partial charge in [0.2, 0.25) is 0 Å². The lowest BCUT2D eigenvalue weighted by Gasteiger charge is -2.39. The molecule has 0 aromatic carbocycles. The fraction of sp³-hybridized carbons (Fsp3) is 1.00. The Morgan fingerprint density at radius 1 is 1.00 bits per heavy atom. The standard InChI is InChI=1S/C10H18O/c11-7-9-5-6-10(9)8-3-1-2-4-8/h8-11H,1-7H2. The second-order valence-electron chi connectivity index (χ2n) is 4.23. The summed E-state index contributed by atoms with van der Waals surface area (Å²) in [5.74, 6) is 2.57. The van der Waals surface area contributed by atoms with E-state index in [1.807, 2.05) is 0 Å². The SMILES string of the molecule is OCC1CCC1C1CCCC1. The van der Waals surface area contributed by atoms with Crippen molar-refractivity contribution in [2.45, 2.75) is 38.5 Å². The number of rotatable bonds is 2. The summed E-state index contributed by atoms with van der Waals surface area (Å²) < 4.78 is 0. The van der Waals surface area contributed by atoms with Crippen LogP contribution in [0.1, 0.15) is 38.5 Å². The summed E-state index contributed by atoms with van der Waals surface area (Å²) in [5, 5.41) is 9.02. The molecule has 64 valence electrons. The molecule has 2 rings (SSSR count). The van der Waals surface area contributed by atoms with Crippen molar-refractivity contribution >= 4 is 0 Å². The van der Waals surface area contributed by atoms with E-state index in [1.54, 1.807) is 0 Å². The van der Waals surface area contributed by atoms with Gasteiger partial charge in [-0.15, -0.1) is 0 Å². The molecule has 0 amide bonds. The minimum absolute atomic E-state index is 0.446. The Bertz CT molecular complexity index is 125. The number of hydrogen-bond acceptors (Lipinski definition) is 1. The van der Waals surface area contributed by atoms with Crippen LogP contribution >= 0.6 is 0 Å². The zero-order chi connectivity index (χ0) is 7.68. The highest BCUT2D eigenvalue weighted by atomic mass is 16.3. The average Bonchev–Trinajstić information content (AvgIpc) is 2.39. The maximum absolute atomic E-state index is 9.02. The Labute approximate surface area is 68.8 Å². The molecule has 0 heterocycles. The third kappa shape index (κ3) is 1.31. The Balaban J connectivity index is 1.84. The second-order valence-corrected chi connectivity index (χ2v) is 4.23. The van der Waals surface area contributed by atoms with Crippen molar-refractivity contribution in [2.24, 2.45) is 17.8 Å². The van der Waals surface area contributed by atoms with E-state index < -0.39 is 0 Å². The number of aliphatic hydroxyl groups is 1. The summed E-state index contributed by atoms with van der Waals surface area (Å²) in [7, 11) is 0. The van der Waals surface area contributed by atoms with Gasteiger partial charge in [-0.1, -0.05) is 25.7 Å². The van der Waals surface area contributed by atoms with Crippen LogP contribution in [0.25, 0.3) is 0 Å². The van der Waals surface area contributed by atoms with Crippen molar-refractivity contribution < 1.29 is 5.11 Å². The molecule has 11 heavy (non-hydrogen) atoms. The average molecular weight is 154 g/mol. The van der Waals surface area contributed by atoms with Crippen LogP contribution in [0.2, 0.25) is 0 Å². The van der Waals surface area contributed by atoms with Crippen LogP contribution in [0.3, 0.4) is 0 Å². The molecule has 2 fully saturated rings. The Morgan fingerprint density at radius 2 is 1.73 bits per heavy atom. The van der Waals surface area contributed by atoms with Gasteiger partial charge < -0.3 is 5.11 Å². The molecule has 0 radical (unpaired) electrons. The largest absolute Gasteiger partial charge is 0.396 e. The Kier molecular flexibility index (Phi) is 2.17. The molecule has 1 N–H and O–H groups in total. The van der Waals surface area contributed by atoms with Gasteiger partial charge >= 0.3 is 0 Å². The van der Waals surface area contributed by atoms with Crippen molar-refractivity contribution in [2.75, 3.05) is 6.61 Å². The topological polar surface area (TPSA) is 20.2 Å². The van der Waals surface area contributed by atoms with Crippen molar-refractivity contribution in [1.29, 1.82) is 0 Å². The Morgan fingerprint density at radius 3 is 2.18 bits per heavy atom. The minimum atomic E-state index is 0.446. The molecule has 0 aliphatic heterocycles. The van der Waals surface area contributed by atoms with E-state index in [0.29, 0.717) is 12.5 Å². The monoisotopic (exact) mass is 154 g/mol. The second kappa shape index (κ2) is 3.14. The lowest BCUT2D eigenvalue weighted by atomic mass is 9.67. The highest BCUT2D eigenvalue weighted by Gasteiger charge is 2.37. The molecule has 0 aromatic rings. The lowest BCUT2D eigenvalue weighted by Crippen LogP contribution is -2.33. The van der Waals surface area contributed by atoms with Crippen LogP contribution in [0, 0.1) is 17.8 Å². The van der Waals surface area contributed by atoms with Gasteiger partial charge in [-0.3, -0.25) is 0 Å². The van der Waals surface area contributed by atoms with Gasteiger partial charge in [-0.25, -0.2) is 0 Å². The fourth-order valence-electron chi connectivity index (χ4n) is 2.83. The molecule has 0 saturated heterocycles. The summed E-state index contributed by atoms with van der Waals surface area (Å²) in [6.07, 6.45) is 8.47. The van der Waals surface area contributed by atoms with Gasteiger partial charge in [0.25, 0.3) is 0 Å². The molecule has 2 aliphatic rings. The minimum Gasteiger partial charge on any atom is -0.396 e. The van der Waals surface area contributed by atoms with Crippen molar-refractivity contribution in [1.82, 2.24) is 0 Å². The summed E-state index contributed by atoms with van der Waals surface area (Å²) in [6, 6.07) is 0. The highest BCUT2D eigenvalue weighted by molar-refractivity contribution is 4.87. The maximum atomic E-state index is 9.02. The third-order valence-electron chi connectivity index (χ3n) is 3.72. The number of aliphatic hydroxyl groups excluding tert-OH is 1. The predicted octanol–water partition coefficient (Wildman–Crippen LogP) is 2.20. The summed E-state index contributed by atoms with van der Waals surface area (Å²) in [5.41, 5.74) is 0. The van der Waals surface area contributed by atoms with Gasteiger partial charge in [0.15, 0.2) is 0 Å². The van der Waals surface area contributed by atoms with E-state index in [2.05, 4.69) is 0 Å². The lowest BCUT2D eigenvalue weighted by molar-refractivity contribution is 0.0502. The normalized spacial score (nSPS) is 39.0. The van der Waals surface area contributed by atoms with Gasteiger partial charge in [-0.05, 0) is 30.6 Å². The quantitative estimate of drug-likeness (QED) is 0.646. The third-order valence-corrected chi connectivity index (χ3v) is 3.72. The molecule has 2 atom stereocenters. The first kappa shape index (κ1) is 7.60. The fourth-order valence-corrected chi connectivity index (χ4v) is 2.83. The Hall–Kier alpha value is -0.0400. The van der Waals surface area contributed by atoms with Crippen LogP contribution in [0.5, 0.6) is 0 Å². The van der Waals surface area contributed by atoms with Gasteiger partial charge in [0, 0.05) is 6.61 Å². The van der Waals surface area contributed by atoms with Crippen molar-refractivity contribution in [3.05, 3.63) is 0 Å². The molecule has 2 unspecified atom stereocenters. The van der Waals surface area contributed by atoms with Crippen LogP contribution < -0.4 is 0 Å². The van der Waals surface area contributed by atoms with Crippen LogP contribution in [0.4, 0.5) is 0 Å². The summed E-state index contributed by atoms with van der Waals surface area (Å²) in [4.78, 5) is 0. The molecule has 2 saturated carbocycles. The van der Waals surface area contributed by atoms with E-state index in [4.69, 9.17) is 5.11 Å². The molecular formula is C10H18O. The van der Waals surface area contributed by atoms with Crippen LogP contribution in [-0.4, -0.2) is 11.7 Å². The van der Waals surface area contributed by atoms with Gasteiger partial charge in [0.1, 0.15) is 0 Å². The van der Waals surface area contributed by atoms with Crippen LogP contribution in [0.15, 0.2) is 0 Å². The molecule has 0 bridgehead atoms. The molecule has 1 heteroatoms. The zero-order valence-corrected chi connectivity index (χ0v) is 7.13. The van der Waals surface area contributed by atoms with E-state index >= 15 is 0 Å². The molecule has 1 nitrogen and oxygen atoms in total. The smallest absolute Gasteiger partial charge is 0.0462 e. The predicted molar refractivity (Wildman–Crippen MR) is 45.3 cm³/mol. The van der Waals surface area contributed by atoms with Gasteiger partial charge in [0.05, 0.1) is 0 Å². The maximum Gasteiger partial charge on any atom is 0.0462 e. The highest BCUT2D eigenvalue weighted by Crippen LogP contribution is 2.45. The van der Waals surface area contributed by atoms with E-state index in [1.165, 1.54) is 38.5 Å². The first-order valence-electron chi connectivity index (χ1n) is 5.02. The summed E-state index contributed by atoms with van der Waals surface area (Å²) >= 11 is 0. The molecule has 0 aromatic heterocycles. The van der Waals surface area contributed by atoms with Gasteiger partial charge in [-0.2, -0.15) is 0 Å². The van der Waals surface area contributed by atoms with E-state index in [0.717, 1.165) is 11.8 Å². The first-order chi connectivity index (χ1) is 5.42. The van der Waals surface area contributed by atoms with E-state index in [9.17, 15) is 0 Å². The van der Waals surface area contributed by atoms with Crippen molar-refractivity contribution in [3.8, 4) is 0 Å². The van der Waals surface area contributed by atoms with E-state index in [-0.39, 0.29) is 0 Å². The molecule has 0 spiro atoms. The number of hydrogen-bond donors (Lipinski definition) is 1. The summed E-state index contributed by atoms with van der Waals surface area (Å²) in [6.45, 7) is 0.446. The van der Waals surface area contributed by atoms with Crippen LogP contribution in [-0.2, 0) is 0 Å². The van der Waals surface area contributed by atoms with Crippen molar-refractivity contribution in [3.63, 3.8) is 0 Å². The molecule has 2 aliphatic carbocycles.